The molecule has 0 aromatic heterocycles. The van der Waals surface area contributed by atoms with Crippen LogP contribution in [-0.4, -0.2) is 25.4 Å². The molecule has 0 N–H and O–H groups in total. The average Bonchev–Trinajstić information content (AvgIpc) is 2.12. The second-order valence-electron chi connectivity index (χ2n) is 3.65. The molecule has 0 fully saturated rings. The van der Waals surface area contributed by atoms with E-state index in [4.69, 9.17) is 0 Å². The van der Waals surface area contributed by atoms with Crippen LogP contribution in [0.1, 0.15) is 39.5 Å². The fraction of sp³-hybridized carbons (Fsp3) is 1.00. The van der Waals surface area contributed by atoms with Crippen molar-refractivity contribution in [2.75, 3.05) is 6.86 Å². The van der Waals surface area contributed by atoms with Gasteiger partial charge in [-0.05, 0) is 19.8 Å². The summed E-state index contributed by atoms with van der Waals surface area (Å²) in [6.07, 6.45) is -4.40. The topological polar surface area (TPSA) is 18.5 Å². The van der Waals surface area contributed by atoms with Gasteiger partial charge in [0.2, 0.25) is 0 Å². The summed E-state index contributed by atoms with van der Waals surface area (Å²) in [7, 11) is 0. The van der Waals surface area contributed by atoms with Crippen LogP contribution in [0.2, 0.25) is 0 Å². The standard InChI is InChI=1S/C10H18F4O2/c1-3-4-5-9(16-10(12,13)14)6-8(2)15-7-11/h8-9H,3-7H2,1-2H3. The van der Waals surface area contributed by atoms with Gasteiger partial charge in [-0.15, -0.1) is 13.2 Å². The summed E-state index contributed by atoms with van der Waals surface area (Å²) in [5.74, 6) is 0. The lowest BCUT2D eigenvalue weighted by Gasteiger charge is -2.22. The zero-order chi connectivity index (χ0) is 12.6. The third kappa shape index (κ3) is 8.91. The van der Waals surface area contributed by atoms with Crippen LogP contribution >= 0.6 is 0 Å². The molecule has 6 heteroatoms. The molecule has 0 aliphatic carbocycles. The molecule has 0 spiro atoms. The third-order valence-electron chi connectivity index (χ3n) is 2.12. The molecule has 0 amide bonds. The van der Waals surface area contributed by atoms with Gasteiger partial charge in [0.15, 0.2) is 6.86 Å². The minimum atomic E-state index is -4.64. The van der Waals surface area contributed by atoms with Crippen molar-refractivity contribution in [1.82, 2.24) is 0 Å². The van der Waals surface area contributed by atoms with Crippen LogP contribution in [0.4, 0.5) is 17.6 Å². The summed E-state index contributed by atoms with van der Waals surface area (Å²) < 4.78 is 56.4. The van der Waals surface area contributed by atoms with Crippen molar-refractivity contribution in [3.63, 3.8) is 0 Å². The van der Waals surface area contributed by atoms with Crippen LogP contribution < -0.4 is 0 Å². The summed E-state index contributed by atoms with van der Waals surface area (Å²) in [6, 6.07) is 0. The highest BCUT2D eigenvalue weighted by Gasteiger charge is 2.33. The predicted octanol–water partition coefficient (Wildman–Crippen LogP) is 3.80. The van der Waals surface area contributed by atoms with Gasteiger partial charge in [0.1, 0.15) is 0 Å². The molecular weight excluding hydrogens is 228 g/mol. The van der Waals surface area contributed by atoms with E-state index in [0.29, 0.717) is 12.8 Å². The quantitative estimate of drug-likeness (QED) is 0.606. The number of hydrogen-bond donors (Lipinski definition) is 0. The van der Waals surface area contributed by atoms with Gasteiger partial charge in [-0.25, -0.2) is 4.39 Å². The molecule has 0 rings (SSSR count). The van der Waals surface area contributed by atoms with E-state index in [-0.39, 0.29) is 6.42 Å². The predicted molar refractivity (Wildman–Crippen MR) is 51.6 cm³/mol. The van der Waals surface area contributed by atoms with Crippen molar-refractivity contribution in [2.24, 2.45) is 0 Å². The Kier molecular flexibility index (Phi) is 7.66. The molecule has 0 bridgehead atoms. The first kappa shape index (κ1) is 15.6. The molecule has 98 valence electrons. The van der Waals surface area contributed by atoms with E-state index in [1.165, 1.54) is 6.92 Å². The minimum Gasteiger partial charge on any atom is -0.347 e. The van der Waals surface area contributed by atoms with E-state index in [0.717, 1.165) is 6.42 Å². The first-order valence-corrected chi connectivity index (χ1v) is 5.31. The second kappa shape index (κ2) is 7.84. The van der Waals surface area contributed by atoms with Crippen LogP contribution in [0, 0.1) is 0 Å². The lowest BCUT2D eigenvalue weighted by Crippen LogP contribution is -2.27. The molecule has 0 heterocycles. The first-order chi connectivity index (χ1) is 7.39. The minimum absolute atomic E-state index is 0.0451. The molecule has 0 aromatic carbocycles. The average molecular weight is 246 g/mol. The van der Waals surface area contributed by atoms with Crippen LogP contribution in [-0.2, 0) is 9.47 Å². The van der Waals surface area contributed by atoms with Gasteiger partial charge in [-0.1, -0.05) is 19.8 Å². The Balaban J connectivity index is 4.09. The number of unbranched alkanes of at least 4 members (excludes halogenated alkanes) is 1. The van der Waals surface area contributed by atoms with Gasteiger partial charge < -0.3 is 4.74 Å². The molecule has 0 aliphatic rings. The Morgan fingerprint density at radius 1 is 1.25 bits per heavy atom. The number of ether oxygens (including phenoxy) is 2. The van der Waals surface area contributed by atoms with Crippen LogP contribution in [0.15, 0.2) is 0 Å². The van der Waals surface area contributed by atoms with Crippen LogP contribution in [0.5, 0.6) is 0 Å². The largest absolute Gasteiger partial charge is 0.522 e. The Bertz CT molecular complexity index is 173. The fourth-order valence-electron chi connectivity index (χ4n) is 1.39. The Labute approximate surface area is 92.9 Å². The van der Waals surface area contributed by atoms with Gasteiger partial charge in [0.05, 0.1) is 12.2 Å². The Morgan fingerprint density at radius 3 is 2.31 bits per heavy atom. The fourth-order valence-corrected chi connectivity index (χ4v) is 1.39. The number of hydrogen-bond acceptors (Lipinski definition) is 2. The second-order valence-corrected chi connectivity index (χ2v) is 3.65. The van der Waals surface area contributed by atoms with Crippen molar-refractivity contribution < 1.29 is 27.0 Å². The number of rotatable bonds is 8. The van der Waals surface area contributed by atoms with E-state index in [9.17, 15) is 17.6 Å². The zero-order valence-electron chi connectivity index (χ0n) is 9.52. The smallest absolute Gasteiger partial charge is 0.347 e. The monoisotopic (exact) mass is 246 g/mol. The maximum atomic E-state index is 12.0. The molecule has 2 unspecified atom stereocenters. The normalized spacial score (nSPS) is 16.1. The van der Waals surface area contributed by atoms with Crippen molar-refractivity contribution in [1.29, 1.82) is 0 Å². The van der Waals surface area contributed by atoms with E-state index in [1.807, 2.05) is 6.92 Å². The Morgan fingerprint density at radius 2 is 1.88 bits per heavy atom. The van der Waals surface area contributed by atoms with Crippen molar-refractivity contribution in [3.05, 3.63) is 0 Å². The highest BCUT2D eigenvalue weighted by atomic mass is 19.4. The summed E-state index contributed by atoms with van der Waals surface area (Å²) in [4.78, 5) is 0. The van der Waals surface area contributed by atoms with Gasteiger partial charge in [0, 0.05) is 0 Å². The molecule has 2 nitrogen and oxygen atoms in total. The van der Waals surface area contributed by atoms with Crippen molar-refractivity contribution in [2.45, 2.75) is 58.1 Å². The molecule has 0 saturated carbocycles. The van der Waals surface area contributed by atoms with Gasteiger partial charge in [0.25, 0.3) is 0 Å². The van der Waals surface area contributed by atoms with Crippen LogP contribution in [0.3, 0.4) is 0 Å². The molecule has 0 aliphatic heterocycles. The number of halogens is 4. The van der Waals surface area contributed by atoms with E-state index in [1.54, 1.807) is 0 Å². The van der Waals surface area contributed by atoms with E-state index < -0.39 is 25.4 Å². The molecule has 16 heavy (non-hydrogen) atoms. The number of alkyl halides is 4. The maximum Gasteiger partial charge on any atom is 0.522 e. The summed E-state index contributed by atoms with van der Waals surface area (Å²) in [5, 5.41) is 0. The molecule has 0 saturated heterocycles. The summed E-state index contributed by atoms with van der Waals surface area (Å²) in [5.41, 5.74) is 0. The summed E-state index contributed by atoms with van der Waals surface area (Å²) >= 11 is 0. The lowest BCUT2D eigenvalue weighted by molar-refractivity contribution is -0.345. The molecule has 0 aromatic rings. The highest BCUT2D eigenvalue weighted by molar-refractivity contribution is 4.64. The lowest BCUT2D eigenvalue weighted by atomic mass is 10.1. The molecule has 2 atom stereocenters. The maximum absolute atomic E-state index is 12.0. The van der Waals surface area contributed by atoms with Gasteiger partial charge in [-0.2, -0.15) is 0 Å². The first-order valence-electron chi connectivity index (χ1n) is 5.31. The third-order valence-corrected chi connectivity index (χ3v) is 2.12. The van der Waals surface area contributed by atoms with E-state index in [2.05, 4.69) is 9.47 Å². The van der Waals surface area contributed by atoms with Crippen LogP contribution in [0.25, 0.3) is 0 Å². The molecule has 0 radical (unpaired) electrons. The van der Waals surface area contributed by atoms with Gasteiger partial charge >= 0.3 is 6.36 Å². The molecular formula is C10H18F4O2. The highest BCUT2D eigenvalue weighted by Crippen LogP contribution is 2.24. The van der Waals surface area contributed by atoms with Crippen molar-refractivity contribution in [3.8, 4) is 0 Å². The zero-order valence-corrected chi connectivity index (χ0v) is 9.52. The summed E-state index contributed by atoms with van der Waals surface area (Å²) in [6.45, 7) is 2.41. The Hall–Kier alpha value is -0.360. The van der Waals surface area contributed by atoms with Crippen molar-refractivity contribution >= 4 is 0 Å². The van der Waals surface area contributed by atoms with Gasteiger partial charge in [-0.3, -0.25) is 4.74 Å². The SMILES string of the molecule is CCCCC(CC(C)OCF)OC(F)(F)F. The van der Waals surface area contributed by atoms with E-state index >= 15 is 0 Å².